The number of benzene rings is 1. The van der Waals surface area contributed by atoms with Gasteiger partial charge in [-0.1, -0.05) is 58.0 Å². The lowest BCUT2D eigenvalue weighted by atomic mass is 9.81. The highest BCUT2D eigenvalue weighted by Gasteiger charge is 2.17. The Morgan fingerprint density at radius 2 is 1.47 bits per heavy atom. The average molecular weight is 203 g/mol. The molecular weight excluding hydrogens is 180 g/mol. The molecule has 0 saturated carbocycles. The van der Waals surface area contributed by atoms with Gasteiger partial charge in [-0.25, -0.2) is 0 Å². The fourth-order valence-corrected chi connectivity index (χ4v) is 2.18. The van der Waals surface area contributed by atoms with Crippen LogP contribution < -0.4 is 0 Å². The summed E-state index contributed by atoms with van der Waals surface area (Å²) in [4.78, 5) is 0. The standard InChI is InChI=1S/C15H23/c1-12(2)15(13(3)4)11-10-14-8-6-5-7-9-14/h5-9,12-13H,10-11H2,1-4H3. The van der Waals surface area contributed by atoms with E-state index in [4.69, 9.17) is 0 Å². The predicted octanol–water partition coefficient (Wildman–Crippen LogP) is 4.51. The van der Waals surface area contributed by atoms with Crippen molar-refractivity contribution in [3.8, 4) is 0 Å². The maximum Gasteiger partial charge on any atom is -0.0187 e. The molecule has 83 valence electrons. The first-order valence-corrected chi connectivity index (χ1v) is 6.00. The number of rotatable bonds is 5. The van der Waals surface area contributed by atoms with E-state index in [2.05, 4.69) is 58.0 Å². The number of hydrogen-bond acceptors (Lipinski definition) is 0. The van der Waals surface area contributed by atoms with E-state index in [0.717, 1.165) is 0 Å². The SMILES string of the molecule is CC(C)[C](CCc1ccccc1)C(C)C. The van der Waals surface area contributed by atoms with E-state index in [9.17, 15) is 0 Å². The third kappa shape index (κ3) is 4.07. The molecule has 1 rings (SSSR count). The first-order chi connectivity index (χ1) is 7.11. The first-order valence-electron chi connectivity index (χ1n) is 6.00. The molecule has 0 N–H and O–H groups in total. The van der Waals surface area contributed by atoms with E-state index in [1.54, 1.807) is 5.92 Å². The fourth-order valence-electron chi connectivity index (χ4n) is 2.18. The third-order valence-electron chi connectivity index (χ3n) is 3.03. The zero-order valence-corrected chi connectivity index (χ0v) is 10.5. The van der Waals surface area contributed by atoms with Crippen LogP contribution in [-0.2, 0) is 6.42 Å². The van der Waals surface area contributed by atoms with Crippen LogP contribution in [0, 0.1) is 17.8 Å². The lowest BCUT2D eigenvalue weighted by Crippen LogP contribution is -2.13. The van der Waals surface area contributed by atoms with Crippen molar-refractivity contribution in [2.45, 2.75) is 40.5 Å². The van der Waals surface area contributed by atoms with Gasteiger partial charge in [-0.15, -0.1) is 0 Å². The molecular formula is C15H23. The van der Waals surface area contributed by atoms with Crippen molar-refractivity contribution in [1.82, 2.24) is 0 Å². The van der Waals surface area contributed by atoms with E-state index < -0.39 is 0 Å². The second kappa shape index (κ2) is 5.95. The van der Waals surface area contributed by atoms with E-state index in [1.165, 1.54) is 18.4 Å². The van der Waals surface area contributed by atoms with Crippen LogP contribution in [-0.4, -0.2) is 0 Å². The molecule has 0 heterocycles. The van der Waals surface area contributed by atoms with Crippen LogP contribution in [0.25, 0.3) is 0 Å². The smallest absolute Gasteiger partial charge is 0.0187 e. The molecule has 0 amide bonds. The molecule has 1 radical (unpaired) electrons. The highest BCUT2D eigenvalue weighted by Crippen LogP contribution is 2.27. The molecule has 15 heavy (non-hydrogen) atoms. The summed E-state index contributed by atoms with van der Waals surface area (Å²) in [5.41, 5.74) is 1.45. The van der Waals surface area contributed by atoms with Gasteiger partial charge < -0.3 is 0 Å². The van der Waals surface area contributed by atoms with Crippen LogP contribution in [0.5, 0.6) is 0 Å². The molecule has 0 aliphatic rings. The summed E-state index contributed by atoms with van der Waals surface area (Å²) < 4.78 is 0. The Kier molecular flexibility index (Phi) is 4.87. The van der Waals surface area contributed by atoms with E-state index in [1.807, 2.05) is 0 Å². The molecule has 0 fully saturated rings. The average Bonchev–Trinajstić information content (AvgIpc) is 2.18. The van der Waals surface area contributed by atoms with Crippen LogP contribution in [0.2, 0.25) is 0 Å². The Hall–Kier alpha value is -0.780. The summed E-state index contributed by atoms with van der Waals surface area (Å²) in [7, 11) is 0. The van der Waals surface area contributed by atoms with Gasteiger partial charge in [-0.05, 0) is 36.2 Å². The molecule has 0 aliphatic heterocycles. The summed E-state index contributed by atoms with van der Waals surface area (Å²) in [5, 5.41) is 0. The van der Waals surface area contributed by atoms with E-state index >= 15 is 0 Å². The lowest BCUT2D eigenvalue weighted by Gasteiger charge is -2.24. The van der Waals surface area contributed by atoms with Gasteiger partial charge in [-0.2, -0.15) is 0 Å². The molecule has 1 aromatic carbocycles. The molecule has 0 aliphatic carbocycles. The minimum Gasteiger partial charge on any atom is -0.0622 e. The molecule has 0 spiro atoms. The van der Waals surface area contributed by atoms with Crippen molar-refractivity contribution in [1.29, 1.82) is 0 Å². The minimum absolute atomic E-state index is 0.716. The zero-order valence-electron chi connectivity index (χ0n) is 10.5. The van der Waals surface area contributed by atoms with Gasteiger partial charge in [0.1, 0.15) is 0 Å². The summed E-state index contributed by atoms with van der Waals surface area (Å²) in [6, 6.07) is 10.8. The summed E-state index contributed by atoms with van der Waals surface area (Å²) in [6.07, 6.45) is 2.42. The van der Waals surface area contributed by atoms with Gasteiger partial charge >= 0.3 is 0 Å². The van der Waals surface area contributed by atoms with Gasteiger partial charge in [0.15, 0.2) is 0 Å². The Morgan fingerprint density at radius 3 is 1.93 bits per heavy atom. The monoisotopic (exact) mass is 203 g/mol. The summed E-state index contributed by atoms with van der Waals surface area (Å²) in [5.74, 6) is 3.13. The van der Waals surface area contributed by atoms with Crippen LogP contribution in [0.1, 0.15) is 39.7 Å². The summed E-state index contributed by atoms with van der Waals surface area (Å²) in [6.45, 7) is 9.22. The first kappa shape index (κ1) is 12.3. The predicted molar refractivity (Wildman–Crippen MR) is 67.7 cm³/mol. The topological polar surface area (TPSA) is 0 Å². The lowest BCUT2D eigenvalue weighted by molar-refractivity contribution is 0.476. The molecule has 0 atom stereocenters. The molecule has 0 nitrogen and oxygen atoms in total. The van der Waals surface area contributed by atoms with Crippen molar-refractivity contribution < 1.29 is 0 Å². The Balaban J connectivity index is 2.47. The Morgan fingerprint density at radius 1 is 0.933 bits per heavy atom. The highest BCUT2D eigenvalue weighted by molar-refractivity contribution is 5.16. The normalized spacial score (nSPS) is 11.7. The van der Waals surface area contributed by atoms with E-state index in [0.29, 0.717) is 11.8 Å². The van der Waals surface area contributed by atoms with E-state index in [-0.39, 0.29) is 0 Å². The Bertz CT molecular complexity index is 251. The van der Waals surface area contributed by atoms with Crippen molar-refractivity contribution in [3.05, 3.63) is 41.8 Å². The molecule has 0 saturated heterocycles. The molecule has 1 aromatic rings. The van der Waals surface area contributed by atoms with Crippen molar-refractivity contribution >= 4 is 0 Å². The highest BCUT2D eigenvalue weighted by atomic mass is 14.2. The largest absolute Gasteiger partial charge is 0.0622 e. The van der Waals surface area contributed by atoms with Gasteiger partial charge in [0, 0.05) is 0 Å². The maximum atomic E-state index is 2.31. The Labute approximate surface area is 94.7 Å². The van der Waals surface area contributed by atoms with Crippen molar-refractivity contribution in [2.75, 3.05) is 0 Å². The molecule has 0 heteroatoms. The second-order valence-electron chi connectivity index (χ2n) is 4.87. The van der Waals surface area contributed by atoms with Crippen molar-refractivity contribution in [2.24, 2.45) is 11.8 Å². The number of aryl methyl sites for hydroxylation is 1. The second-order valence-corrected chi connectivity index (χ2v) is 4.87. The van der Waals surface area contributed by atoms with Crippen LogP contribution >= 0.6 is 0 Å². The molecule has 0 unspecified atom stereocenters. The zero-order chi connectivity index (χ0) is 11.3. The third-order valence-corrected chi connectivity index (χ3v) is 3.03. The number of hydrogen-bond donors (Lipinski definition) is 0. The quantitative estimate of drug-likeness (QED) is 0.660. The fraction of sp³-hybridized carbons (Fsp3) is 0.533. The summed E-state index contributed by atoms with van der Waals surface area (Å²) >= 11 is 0. The van der Waals surface area contributed by atoms with Gasteiger partial charge in [0.2, 0.25) is 0 Å². The van der Waals surface area contributed by atoms with Gasteiger partial charge in [0.25, 0.3) is 0 Å². The van der Waals surface area contributed by atoms with Gasteiger partial charge in [-0.3, -0.25) is 0 Å². The molecule has 0 aromatic heterocycles. The van der Waals surface area contributed by atoms with Crippen LogP contribution in [0.4, 0.5) is 0 Å². The van der Waals surface area contributed by atoms with Gasteiger partial charge in [0.05, 0.1) is 0 Å². The maximum absolute atomic E-state index is 2.31. The molecule has 0 bridgehead atoms. The minimum atomic E-state index is 0.716. The van der Waals surface area contributed by atoms with Crippen LogP contribution in [0.15, 0.2) is 30.3 Å². The van der Waals surface area contributed by atoms with Crippen molar-refractivity contribution in [3.63, 3.8) is 0 Å². The van der Waals surface area contributed by atoms with Crippen LogP contribution in [0.3, 0.4) is 0 Å².